The van der Waals surface area contributed by atoms with E-state index in [0.29, 0.717) is 31.1 Å². The van der Waals surface area contributed by atoms with Gasteiger partial charge in [0.25, 0.3) is 0 Å². The average molecular weight is 309 g/mol. The van der Waals surface area contributed by atoms with Crippen molar-refractivity contribution in [3.8, 4) is 11.5 Å². The molecule has 0 bridgehead atoms. The maximum Gasteiger partial charge on any atom is 0.328 e. The van der Waals surface area contributed by atoms with Crippen LogP contribution in [0.2, 0.25) is 0 Å². The van der Waals surface area contributed by atoms with Crippen LogP contribution in [0.3, 0.4) is 0 Å². The van der Waals surface area contributed by atoms with E-state index < -0.39 is 24.6 Å². The first kappa shape index (κ1) is 14.6. The molecule has 1 aliphatic carbocycles. The molecule has 6 nitrogen and oxygen atoms in total. The molecule has 2 N–H and O–H groups in total. The second kappa shape index (κ2) is 5.82. The van der Waals surface area contributed by atoms with Gasteiger partial charge in [-0.3, -0.25) is 4.79 Å². The number of aliphatic carboxylic acids is 1. The van der Waals surface area contributed by atoms with E-state index in [1.54, 1.807) is 6.07 Å². The van der Waals surface area contributed by atoms with Crippen molar-refractivity contribution in [1.29, 1.82) is 0 Å². The van der Waals surface area contributed by atoms with Gasteiger partial charge in [0.15, 0.2) is 17.5 Å². The lowest BCUT2D eigenvalue weighted by Gasteiger charge is -2.19. The summed E-state index contributed by atoms with van der Waals surface area (Å²) in [5.41, 5.74) is 0.941. The second-order valence-electron chi connectivity index (χ2n) is 5.41. The van der Waals surface area contributed by atoms with E-state index in [0.717, 1.165) is 5.56 Å². The molecule has 0 spiro atoms. The molecule has 7 heteroatoms. The van der Waals surface area contributed by atoms with Crippen molar-refractivity contribution in [2.24, 2.45) is 5.92 Å². The molecule has 22 heavy (non-hydrogen) atoms. The summed E-state index contributed by atoms with van der Waals surface area (Å²) in [6.07, 6.45) is 0.615. The Morgan fingerprint density at radius 1 is 1.32 bits per heavy atom. The van der Waals surface area contributed by atoms with Gasteiger partial charge < -0.3 is 19.9 Å². The van der Waals surface area contributed by atoms with Gasteiger partial charge in [0.1, 0.15) is 19.9 Å². The van der Waals surface area contributed by atoms with Crippen molar-refractivity contribution in [3.05, 3.63) is 23.8 Å². The fourth-order valence-corrected chi connectivity index (χ4v) is 2.59. The first-order chi connectivity index (χ1) is 10.6. The van der Waals surface area contributed by atoms with Crippen LogP contribution >= 0.6 is 0 Å². The number of hydrogen-bond acceptors (Lipinski definition) is 4. The van der Waals surface area contributed by atoms with E-state index >= 15 is 0 Å². The third-order valence-corrected chi connectivity index (χ3v) is 3.89. The van der Waals surface area contributed by atoms with E-state index in [1.165, 1.54) is 0 Å². The molecule has 3 atom stereocenters. The van der Waals surface area contributed by atoms with Crippen LogP contribution in [-0.2, 0) is 9.59 Å². The lowest BCUT2D eigenvalue weighted by Crippen LogP contribution is -2.43. The van der Waals surface area contributed by atoms with Crippen molar-refractivity contribution in [2.75, 3.05) is 19.9 Å². The summed E-state index contributed by atoms with van der Waals surface area (Å²) in [7, 11) is 0. The Hall–Kier alpha value is -2.31. The van der Waals surface area contributed by atoms with Crippen molar-refractivity contribution in [3.63, 3.8) is 0 Å². The Balaban J connectivity index is 1.64. The van der Waals surface area contributed by atoms with Crippen LogP contribution in [0.15, 0.2) is 18.2 Å². The summed E-state index contributed by atoms with van der Waals surface area (Å²) in [6, 6.07) is 4.04. The molecule has 3 unspecified atom stereocenters. The number of ether oxygens (including phenoxy) is 2. The number of alkyl halides is 1. The number of nitrogens with one attached hydrogen (secondary N) is 1. The van der Waals surface area contributed by atoms with Crippen molar-refractivity contribution in [2.45, 2.75) is 18.4 Å². The second-order valence-corrected chi connectivity index (χ2v) is 5.41. The van der Waals surface area contributed by atoms with Gasteiger partial charge in [-0.25, -0.2) is 9.18 Å². The molecule has 1 heterocycles. The van der Waals surface area contributed by atoms with Gasteiger partial charge in [0.05, 0.1) is 0 Å². The summed E-state index contributed by atoms with van der Waals surface area (Å²) >= 11 is 0. The van der Waals surface area contributed by atoms with Gasteiger partial charge in [-0.15, -0.1) is 0 Å². The first-order valence-electron chi connectivity index (χ1n) is 7.09. The van der Waals surface area contributed by atoms with Crippen LogP contribution in [-0.4, -0.2) is 42.9 Å². The van der Waals surface area contributed by atoms with Crippen molar-refractivity contribution < 1.29 is 28.6 Å². The standard InChI is InChI=1S/C15H16FNO5/c16-7-11(15(19)20)17-14(18)10-6-9(10)8-1-2-12-13(5-8)22-4-3-21-12/h1-2,5,9-11H,3-4,6-7H2,(H,17,18)(H,19,20). The van der Waals surface area contributed by atoms with Crippen LogP contribution in [0.1, 0.15) is 17.9 Å². The molecule has 0 radical (unpaired) electrons. The lowest BCUT2D eigenvalue weighted by molar-refractivity contribution is -0.142. The topological polar surface area (TPSA) is 84.9 Å². The Morgan fingerprint density at radius 2 is 2.05 bits per heavy atom. The number of halogens is 1. The molecule has 118 valence electrons. The molecule has 1 aromatic rings. The lowest BCUT2D eigenvalue weighted by atomic mass is 10.1. The molecule has 0 aromatic heterocycles. The van der Waals surface area contributed by atoms with Gasteiger partial charge in [0, 0.05) is 5.92 Å². The van der Waals surface area contributed by atoms with E-state index in [-0.39, 0.29) is 11.8 Å². The molecule has 1 aliphatic heterocycles. The molecule has 1 amide bonds. The summed E-state index contributed by atoms with van der Waals surface area (Å²) in [4.78, 5) is 22.7. The first-order valence-corrected chi connectivity index (χ1v) is 7.09. The monoisotopic (exact) mass is 309 g/mol. The highest BCUT2D eigenvalue weighted by atomic mass is 19.1. The maximum atomic E-state index is 12.5. The molecule has 1 aromatic carbocycles. The van der Waals surface area contributed by atoms with E-state index in [1.807, 2.05) is 12.1 Å². The Kier molecular flexibility index (Phi) is 3.87. The van der Waals surface area contributed by atoms with E-state index in [4.69, 9.17) is 14.6 Å². The highest BCUT2D eigenvalue weighted by Crippen LogP contribution is 2.49. The summed E-state index contributed by atoms with van der Waals surface area (Å²) in [6.45, 7) is -0.120. The van der Waals surface area contributed by atoms with Gasteiger partial charge in [0.2, 0.25) is 5.91 Å². The highest BCUT2D eigenvalue weighted by Gasteiger charge is 2.45. The third-order valence-electron chi connectivity index (χ3n) is 3.89. The smallest absolute Gasteiger partial charge is 0.328 e. The molecule has 3 rings (SSSR count). The fourth-order valence-electron chi connectivity index (χ4n) is 2.59. The third kappa shape index (κ3) is 2.84. The number of hydrogen-bond donors (Lipinski definition) is 2. The number of carboxylic acids is 1. The van der Waals surface area contributed by atoms with Crippen LogP contribution in [0.4, 0.5) is 4.39 Å². The van der Waals surface area contributed by atoms with Crippen LogP contribution < -0.4 is 14.8 Å². The minimum absolute atomic E-state index is 0.00452. The zero-order chi connectivity index (χ0) is 15.7. The van der Waals surface area contributed by atoms with Crippen molar-refractivity contribution >= 4 is 11.9 Å². The van der Waals surface area contributed by atoms with Gasteiger partial charge >= 0.3 is 5.97 Å². The normalized spacial score (nSPS) is 23.5. The highest BCUT2D eigenvalue weighted by molar-refractivity contribution is 5.87. The summed E-state index contributed by atoms with van der Waals surface area (Å²) < 4.78 is 23.5. The van der Waals surface area contributed by atoms with Crippen molar-refractivity contribution in [1.82, 2.24) is 5.32 Å². The van der Waals surface area contributed by atoms with Crippen LogP contribution in [0.25, 0.3) is 0 Å². The fraction of sp³-hybridized carbons (Fsp3) is 0.467. The number of carboxylic acid groups (broad SMARTS) is 1. The van der Waals surface area contributed by atoms with Crippen LogP contribution in [0.5, 0.6) is 11.5 Å². The van der Waals surface area contributed by atoms with Gasteiger partial charge in [-0.1, -0.05) is 6.07 Å². The van der Waals surface area contributed by atoms with E-state index in [9.17, 15) is 14.0 Å². The number of rotatable bonds is 5. The molecule has 1 fully saturated rings. The average Bonchev–Trinajstić information content (AvgIpc) is 3.32. The molecular formula is C15H16FNO5. The number of amides is 1. The summed E-state index contributed by atoms with van der Waals surface area (Å²) in [5.74, 6) is -0.778. The Labute approximate surface area is 126 Å². The maximum absolute atomic E-state index is 12.5. The Morgan fingerprint density at radius 3 is 2.73 bits per heavy atom. The zero-order valence-electron chi connectivity index (χ0n) is 11.8. The SMILES string of the molecule is O=C(O)C(CF)NC(=O)C1CC1c1ccc2c(c1)OCCO2. The number of fused-ring (bicyclic) bond motifs is 1. The van der Waals surface area contributed by atoms with Gasteiger partial charge in [-0.2, -0.15) is 0 Å². The Bertz CT molecular complexity index is 606. The van der Waals surface area contributed by atoms with Gasteiger partial charge in [-0.05, 0) is 30.0 Å². The zero-order valence-corrected chi connectivity index (χ0v) is 11.8. The molecule has 2 aliphatic rings. The number of benzene rings is 1. The van der Waals surface area contributed by atoms with Crippen LogP contribution in [0, 0.1) is 5.92 Å². The number of carbonyl (C=O) groups is 2. The summed E-state index contributed by atoms with van der Waals surface area (Å²) in [5, 5.41) is 11.0. The minimum Gasteiger partial charge on any atom is -0.486 e. The largest absolute Gasteiger partial charge is 0.486 e. The predicted molar refractivity (Wildman–Crippen MR) is 73.8 cm³/mol. The predicted octanol–water partition coefficient (Wildman–Crippen LogP) is 1.10. The molecular weight excluding hydrogens is 293 g/mol. The quantitative estimate of drug-likeness (QED) is 0.851. The molecule has 1 saturated carbocycles. The van der Waals surface area contributed by atoms with E-state index in [2.05, 4.69) is 5.32 Å². The molecule has 0 saturated heterocycles. The minimum atomic E-state index is -1.48. The number of carbonyl (C=O) groups excluding carboxylic acids is 1.